The fourth-order valence-corrected chi connectivity index (χ4v) is 1.85. The molecular formula is C7H13NO3S. The summed E-state index contributed by atoms with van der Waals surface area (Å²) in [6.07, 6.45) is 0.655. The van der Waals surface area contributed by atoms with Gasteiger partial charge in [-0.2, -0.15) is 0 Å². The minimum Gasteiger partial charge on any atom is -0.464 e. The number of rotatable bonds is 1. The Labute approximate surface area is 76.2 Å². The van der Waals surface area contributed by atoms with E-state index < -0.39 is 6.09 Å². The van der Waals surface area contributed by atoms with Gasteiger partial charge in [0.1, 0.15) is 12.2 Å². The summed E-state index contributed by atoms with van der Waals surface area (Å²) in [4.78, 5) is 10.8. The van der Waals surface area contributed by atoms with Gasteiger partial charge in [0.2, 0.25) is 0 Å². The topological polar surface area (TPSA) is 49.8 Å². The lowest BCUT2D eigenvalue weighted by atomic mass is 9.95. The molecule has 12 heavy (non-hydrogen) atoms. The highest BCUT2D eigenvalue weighted by molar-refractivity contribution is 7.92. The second-order valence-corrected chi connectivity index (χ2v) is 3.82. The van der Waals surface area contributed by atoms with Crippen LogP contribution in [-0.2, 0) is 4.18 Å². The molecule has 0 spiro atoms. The highest BCUT2D eigenvalue weighted by Crippen LogP contribution is 2.35. The monoisotopic (exact) mass is 191 g/mol. The smallest absolute Gasteiger partial charge is 0.419 e. The van der Waals surface area contributed by atoms with E-state index in [1.807, 2.05) is 13.8 Å². The molecule has 1 unspecified atom stereocenters. The number of amides is 1. The van der Waals surface area contributed by atoms with Crippen molar-refractivity contribution >= 4 is 18.3 Å². The molecule has 0 aliphatic carbocycles. The zero-order chi connectivity index (χ0) is 9.19. The summed E-state index contributed by atoms with van der Waals surface area (Å²) in [6, 6.07) is 0. The second-order valence-electron chi connectivity index (χ2n) is 3.07. The van der Waals surface area contributed by atoms with Crippen LogP contribution in [0.4, 0.5) is 4.79 Å². The first-order valence-electron chi connectivity index (χ1n) is 3.93. The molecule has 0 aromatic carbocycles. The highest BCUT2D eigenvalue weighted by Gasteiger charge is 2.38. The van der Waals surface area contributed by atoms with Gasteiger partial charge in [-0.3, -0.25) is 4.18 Å². The summed E-state index contributed by atoms with van der Waals surface area (Å²) in [5.41, 5.74) is -0.269. The summed E-state index contributed by atoms with van der Waals surface area (Å²) >= 11 is 0.937. The fourth-order valence-electron chi connectivity index (χ4n) is 1.13. The molecule has 1 N–H and O–H groups in total. The number of carboxylic acid groups (broad SMARTS) is 1. The predicted molar refractivity (Wildman–Crippen MR) is 46.7 cm³/mol. The molecule has 0 radical (unpaired) electrons. The lowest BCUT2D eigenvalue weighted by molar-refractivity contribution is 0.104. The van der Waals surface area contributed by atoms with Gasteiger partial charge >= 0.3 is 6.09 Å². The van der Waals surface area contributed by atoms with E-state index in [-0.39, 0.29) is 5.54 Å². The molecule has 1 rings (SSSR count). The maximum atomic E-state index is 10.8. The summed E-state index contributed by atoms with van der Waals surface area (Å²) in [5, 5.41) is 8.83. The average Bonchev–Trinajstić information content (AvgIpc) is 2.05. The number of nitrogens with zero attached hydrogens (tertiary/aromatic N) is 1. The van der Waals surface area contributed by atoms with Crippen LogP contribution in [-0.4, -0.2) is 27.7 Å². The van der Waals surface area contributed by atoms with Crippen molar-refractivity contribution in [2.45, 2.75) is 32.2 Å². The molecule has 1 atom stereocenters. The number of hydrogen-bond donors (Lipinski definition) is 1. The van der Waals surface area contributed by atoms with Gasteiger partial charge in [0.15, 0.2) is 0 Å². The Kier molecular flexibility index (Phi) is 2.85. The van der Waals surface area contributed by atoms with Gasteiger partial charge in [0.25, 0.3) is 0 Å². The zero-order valence-corrected chi connectivity index (χ0v) is 8.06. The van der Waals surface area contributed by atoms with Crippen molar-refractivity contribution in [1.82, 2.24) is 4.31 Å². The van der Waals surface area contributed by atoms with Gasteiger partial charge in [-0.1, -0.05) is 6.92 Å². The summed E-state index contributed by atoms with van der Waals surface area (Å²) in [6.45, 7) is 4.55. The summed E-state index contributed by atoms with van der Waals surface area (Å²) in [7, 11) is 0. The molecule has 70 valence electrons. The van der Waals surface area contributed by atoms with E-state index in [1.54, 1.807) is 0 Å². The van der Waals surface area contributed by atoms with Crippen LogP contribution in [0.25, 0.3) is 0 Å². The largest absolute Gasteiger partial charge is 0.464 e. The van der Waals surface area contributed by atoms with E-state index >= 15 is 0 Å². The van der Waals surface area contributed by atoms with Crippen molar-refractivity contribution in [2.24, 2.45) is 0 Å². The van der Waals surface area contributed by atoms with Gasteiger partial charge in [-0.05, 0) is 19.8 Å². The summed E-state index contributed by atoms with van der Waals surface area (Å²) in [5.74, 6) is 0. The Hall–Kier alpha value is -0.420. The Bertz CT molecular complexity index is 187. The van der Waals surface area contributed by atoms with E-state index in [0.717, 1.165) is 25.1 Å². The normalized spacial score (nSPS) is 30.3. The van der Waals surface area contributed by atoms with E-state index in [9.17, 15) is 4.79 Å². The molecule has 1 fully saturated rings. The van der Waals surface area contributed by atoms with Gasteiger partial charge in [0, 0.05) is 0 Å². The minimum absolute atomic E-state index is 0.269. The molecule has 1 saturated heterocycles. The van der Waals surface area contributed by atoms with E-state index in [4.69, 9.17) is 9.29 Å². The Morgan fingerprint density at radius 3 is 2.92 bits per heavy atom. The van der Waals surface area contributed by atoms with Gasteiger partial charge in [-0.15, -0.1) is 0 Å². The van der Waals surface area contributed by atoms with Crippen LogP contribution in [0.5, 0.6) is 0 Å². The maximum absolute atomic E-state index is 10.8. The lowest BCUT2D eigenvalue weighted by Crippen LogP contribution is -2.47. The average molecular weight is 191 g/mol. The molecule has 1 aliphatic rings. The fraction of sp³-hybridized carbons (Fsp3) is 0.857. The minimum atomic E-state index is -0.927. The molecule has 4 nitrogen and oxygen atoms in total. The quantitative estimate of drug-likeness (QED) is 0.509. The third kappa shape index (κ3) is 1.67. The van der Waals surface area contributed by atoms with E-state index in [1.165, 1.54) is 4.31 Å². The van der Waals surface area contributed by atoms with Crippen LogP contribution in [0, 0.1) is 0 Å². The third-order valence-electron chi connectivity index (χ3n) is 2.28. The third-order valence-corrected chi connectivity index (χ3v) is 3.30. The van der Waals surface area contributed by atoms with Crippen LogP contribution in [0.1, 0.15) is 26.7 Å². The molecule has 0 aromatic rings. The second kappa shape index (κ2) is 3.53. The highest BCUT2D eigenvalue weighted by atomic mass is 32.2. The first kappa shape index (κ1) is 9.67. The van der Waals surface area contributed by atoms with Crippen molar-refractivity contribution < 1.29 is 14.1 Å². The van der Waals surface area contributed by atoms with Crippen LogP contribution in [0.3, 0.4) is 0 Å². The van der Waals surface area contributed by atoms with Gasteiger partial charge in [-0.25, -0.2) is 9.10 Å². The molecule has 1 heterocycles. The number of hydrogen-bond acceptors (Lipinski definition) is 3. The molecule has 0 bridgehead atoms. The Morgan fingerprint density at radius 2 is 2.50 bits per heavy atom. The van der Waals surface area contributed by atoms with Crippen molar-refractivity contribution in [2.75, 3.05) is 6.61 Å². The van der Waals surface area contributed by atoms with E-state index in [2.05, 4.69) is 0 Å². The molecule has 0 aromatic heterocycles. The first-order valence-corrected chi connectivity index (χ1v) is 4.63. The van der Waals surface area contributed by atoms with E-state index in [0.29, 0.717) is 6.61 Å². The molecular weight excluding hydrogens is 178 g/mol. The lowest BCUT2D eigenvalue weighted by Gasteiger charge is -2.40. The van der Waals surface area contributed by atoms with Crippen molar-refractivity contribution in [3.63, 3.8) is 0 Å². The summed E-state index contributed by atoms with van der Waals surface area (Å²) < 4.78 is 6.29. The van der Waals surface area contributed by atoms with Crippen molar-refractivity contribution in [3.8, 4) is 0 Å². The van der Waals surface area contributed by atoms with Crippen molar-refractivity contribution in [1.29, 1.82) is 0 Å². The SMILES string of the molecule is CCC1(C)CCOSN1C(=O)O. The Morgan fingerprint density at radius 1 is 1.83 bits per heavy atom. The molecule has 1 aliphatic heterocycles. The van der Waals surface area contributed by atoms with Crippen molar-refractivity contribution in [3.05, 3.63) is 0 Å². The first-order chi connectivity index (χ1) is 5.60. The van der Waals surface area contributed by atoms with Crippen LogP contribution in [0.2, 0.25) is 0 Å². The zero-order valence-electron chi connectivity index (χ0n) is 7.24. The van der Waals surface area contributed by atoms with Crippen LogP contribution < -0.4 is 0 Å². The van der Waals surface area contributed by atoms with Gasteiger partial charge in [0.05, 0.1) is 12.1 Å². The van der Waals surface area contributed by atoms with Crippen LogP contribution >= 0.6 is 12.2 Å². The molecule has 0 saturated carbocycles. The molecule has 5 heteroatoms. The molecule has 1 amide bonds. The standard InChI is InChI=1S/C7H13NO3S/c1-3-7(2)4-5-11-12-8(7)6(9)10/h3-5H2,1-2H3,(H,9,10). The number of carbonyl (C=O) groups is 1. The predicted octanol–water partition coefficient (Wildman–Crippen LogP) is 2.12. The maximum Gasteiger partial charge on any atom is 0.419 e. The van der Waals surface area contributed by atoms with Crippen LogP contribution in [0.15, 0.2) is 0 Å². The van der Waals surface area contributed by atoms with Gasteiger partial charge < -0.3 is 5.11 Å². The Balaban J connectivity index is 2.73.